The quantitative estimate of drug-likeness (QED) is 0.183. The first-order valence-electron chi connectivity index (χ1n) is 14.2. The summed E-state index contributed by atoms with van der Waals surface area (Å²) >= 11 is 0. The third-order valence-electron chi connectivity index (χ3n) is 7.47. The molecule has 1 aliphatic heterocycles. The van der Waals surface area contributed by atoms with Gasteiger partial charge < -0.3 is 9.80 Å². The lowest BCUT2D eigenvalue weighted by molar-refractivity contribution is 0.0989. The maximum Gasteiger partial charge on any atom is 0.0110 e. The van der Waals surface area contributed by atoms with Gasteiger partial charge in [0.1, 0.15) is 0 Å². The predicted octanol–water partition coefficient (Wildman–Crippen LogP) is 8.16. The summed E-state index contributed by atoms with van der Waals surface area (Å²) in [6.07, 6.45) is 22.9. The summed E-state index contributed by atoms with van der Waals surface area (Å²) < 4.78 is 0. The normalized spacial score (nSPS) is 18.0. The molecule has 2 atom stereocenters. The van der Waals surface area contributed by atoms with E-state index >= 15 is 0 Å². The lowest BCUT2D eigenvalue weighted by Gasteiger charge is -2.38. The standard InChI is InChI=1S/C28H58N2/c1-5-9-12-14-15-17-20-28(19-16-13-10-6-2)26-30-23-21-29(22-24-30)25-27(8-4)18-11-7-3/h27-28H,5-26H2,1-4H3. The Morgan fingerprint density at radius 3 is 1.37 bits per heavy atom. The first-order valence-corrected chi connectivity index (χ1v) is 14.2. The minimum atomic E-state index is 0.926. The van der Waals surface area contributed by atoms with Gasteiger partial charge in [-0.15, -0.1) is 0 Å². The van der Waals surface area contributed by atoms with Gasteiger partial charge in [0.15, 0.2) is 0 Å². The highest BCUT2D eigenvalue weighted by molar-refractivity contribution is 4.76. The van der Waals surface area contributed by atoms with E-state index in [4.69, 9.17) is 0 Å². The van der Waals surface area contributed by atoms with Gasteiger partial charge in [-0.05, 0) is 31.1 Å². The van der Waals surface area contributed by atoms with Crippen molar-refractivity contribution in [3.63, 3.8) is 0 Å². The Kier molecular flexibility index (Phi) is 18.3. The van der Waals surface area contributed by atoms with Crippen molar-refractivity contribution >= 4 is 0 Å². The van der Waals surface area contributed by atoms with Crippen molar-refractivity contribution in [2.45, 2.75) is 130 Å². The van der Waals surface area contributed by atoms with Crippen LogP contribution in [-0.4, -0.2) is 49.1 Å². The largest absolute Gasteiger partial charge is 0.301 e. The van der Waals surface area contributed by atoms with Crippen LogP contribution in [-0.2, 0) is 0 Å². The molecule has 0 aliphatic carbocycles. The molecule has 0 bridgehead atoms. The van der Waals surface area contributed by atoms with E-state index < -0.39 is 0 Å². The maximum atomic E-state index is 2.81. The lowest BCUT2D eigenvalue weighted by Crippen LogP contribution is -2.48. The van der Waals surface area contributed by atoms with Crippen LogP contribution in [0.2, 0.25) is 0 Å². The van der Waals surface area contributed by atoms with E-state index in [-0.39, 0.29) is 0 Å². The minimum Gasteiger partial charge on any atom is -0.301 e. The van der Waals surface area contributed by atoms with E-state index in [1.54, 1.807) is 0 Å². The van der Waals surface area contributed by atoms with Crippen molar-refractivity contribution < 1.29 is 0 Å². The van der Waals surface area contributed by atoms with Gasteiger partial charge in [-0.25, -0.2) is 0 Å². The Labute approximate surface area is 191 Å². The lowest BCUT2D eigenvalue weighted by atomic mass is 9.93. The first-order chi connectivity index (χ1) is 14.7. The van der Waals surface area contributed by atoms with Crippen LogP contribution in [0.4, 0.5) is 0 Å². The van der Waals surface area contributed by atoms with E-state index in [1.165, 1.54) is 142 Å². The summed E-state index contributed by atoms with van der Waals surface area (Å²) in [7, 11) is 0. The number of hydrogen-bond donors (Lipinski definition) is 0. The molecular weight excluding hydrogens is 364 g/mol. The number of piperazine rings is 1. The summed E-state index contributed by atoms with van der Waals surface area (Å²) in [5, 5.41) is 0. The second-order valence-corrected chi connectivity index (χ2v) is 10.3. The predicted molar refractivity (Wildman–Crippen MR) is 136 cm³/mol. The van der Waals surface area contributed by atoms with E-state index in [9.17, 15) is 0 Å². The van der Waals surface area contributed by atoms with Gasteiger partial charge in [-0.3, -0.25) is 0 Å². The second kappa shape index (κ2) is 19.6. The van der Waals surface area contributed by atoms with Crippen LogP contribution in [0, 0.1) is 11.8 Å². The Bertz CT molecular complexity index is 349. The van der Waals surface area contributed by atoms with E-state index in [1.807, 2.05) is 0 Å². The van der Waals surface area contributed by atoms with Gasteiger partial charge in [0.25, 0.3) is 0 Å². The van der Waals surface area contributed by atoms with Gasteiger partial charge in [0.2, 0.25) is 0 Å². The SMILES string of the molecule is CCCCCCCCC(CCCCCC)CN1CCN(CC(CC)CCCC)CC1. The van der Waals surface area contributed by atoms with Crippen molar-refractivity contribution in [1.82, 2.24) is 9.80 Å². The van der Waals surface area contributed by atoms with Crippen LogP contribution < -0.4 is 0 Å². The molecule has 1 heterocycles. The molecule has 0 saturated carbocycles. The van der Waals surface area contributed by atoms with Crippen molar-refractivity contribution in [2.24, 2.45) is 11.8 Å². The molecule has 1 rings (SSSR count). The molecule has 180 valence electrons. The minimum absolute atomic E-state index is 0.926. The molecule has 2 nitrogen and oxygen atoms in total. The van der Waals surface area contributed by atoms with Crippen LogP contribution >= 0.6 is 0 Å². The van der Waals surface area contributed by atoms with Gasteiger partial charge in [0, 0.05) is 39.3 Å². The summed E-state index contributed by atoms with van der Waals surface area (Å²) in [6.45, 7) is 17.3. The molecule has 0 radical (unpaired) electrons. The van der Waals surface area contributed by atoms with E-state index in [0.29, 0.717) is 0 Å². The molecule has 1 fully saturated rings. The van der Waals surface area contributed by atoms with Crippen LogP contribution in [0.5, 0.6) is 0 Å². The van der Waals surface area contributed by atoms with Crippen LogP contribution in [0.3, 0.4) is 0 Å². The molecule has 0 amide bonds. The molecule has 2 unspecified atom stereocenters. The maximum absolute atomic E-state index is 2.81. The Balaban J connectivity index is 2.31. The fourth-order valence-electron chi connectivity index (χ4n) is 5.20. The average molecular weight is 423 g/mol. The fourth-order valence-corrected chi connectivity index (χ4v) is 5.20. The average Bonchev–Trinajstić information content (AvgIpc) is 2.77. The third-order valence-corrected chi connectivity index (χ3v) is 7.47. The zero-order chi connectivity index (χ0) is 21.9. The third kappa shape index (κ3) is 14.1. The zero-order valence-corrected chi connectivity index (χ0v) is 21.6. The molecule has 1 saturated heterocycles. The molecule has 2 heteroatoms. The molecule has 0 N–H and O–H groups in total. The van der Waals surface area contributed by atoms with Gasteiger partial charge >= 0.3 is 0 Å². The van der Waals surface area contributed by atoms with Crippen molar-refractivity contribution in [3.8, 4) is 0 Å². The zero-order valence-electron chi connectivity index (χ0n) is 21.6. The summed E-state index contributed by atoms with van der Waals surface area (Å²) in [5.41, 5.74) is 0. The Hall–Kier alpha value is -0.0800. The second-order valence-electron chi connectivity index (χ2n) is 10.3. The first kappa shape index (κ1) is 28.0. The topological polar surface area (TPSA) is 6.48 Å². The highest BCUT2D eigenvalue weighted by atomic mass is 15.3. The van der Waals surface area contributed by atoms with Gasteiger partial charge in [-0.1, -0.05) is 111 Å². The molecule has 1 aliphatic rings. The van der Waals surface area contributed by atoms with Crippen molar-refractivity contribution in [1.29, 1.82) is 0 Å². The molecular formula is C28H58N2. The molecule has 0 aromatic rings. The monoisotopic (exact) mass is 422 g/mol. The van der Waals surface area contributed by atoms with Crippen LogP contribution in [0.25, 0.3) is 0 Å². The van der Waals surface area contributed by atoms with Crippen LogP contribution in [0.15, 0.2) is 0 Å². The Morgan fingerprint density at radius 1 is 0.467 bits per heavy atom. The van der Waals surface area contributed by atoms with Gasteiger partial charge in [-0.2, -0.15) is 0 Å². The van der Waals surface area contributed by atoms with E-state index in [2.05, 4.69) is 37.5 Å². The highest BCUT2D eigenvalue weighted by Gasteiger charge is 2.21. The molecule has 0 aromatic heterocycles. The fraction of sp³-hybridized carbons (Fsp3) is 1.00. The van der Waals surface area contributed by atoms with Crippen molar-refractivity contribution in [3.05, 3.63) is 0 Å². The molecule has 0 spiro atoms. The molecule has 0 aromatic carbocycles. The molecule has 30 heavy (non-hydrogen) atoms. The highest BCUT2D eigenvalue weighted by Crippen LogP contribution is 2.21. The number of unbranched alkanes of at least 4 members (excludes halogenated alkanes) is 9. The summed E-state index contributed by atoms with van der Waals surface area (Å²) in [4.78, 5) is 5.58. The summed E-state index contributed by atoms with van der Waals surface area (Å²) in [6, 6.07) is 0. The van der Waals surface area contributed by atoms with Crippen molar-refractivity contribution in [2.75, 3.05) is 39.3 Å². The van der Waals surface area contributed by atoms with E-state index in [0.717, 1.165) is 11.8 Å². The Morgan fingerprint density at radius 2 is 0.867 bits per heavy atom. The number of nitrogens with zero attached hydrogens (tertiary/aromatic N) is 2. The summed E-state index contributed by atoms with van der Waals surface area (Å²) in [5.74, 6) is 1.88. The number of rotatable bonds is 20. The smallest absolute Gasteiger partial charge is 0.0110 e. The van der Waals surface area contributed by atoms with Gasteiger partial charge in [0.05, 0.1) is 0 Å². The number of hydrogen-bond acceptors (Lipinski definition) is 2. The van der Waals surface area contributed by atoms with Crippen LogP contribution in [0.1, 0.15) is 130 Å².